The fraction of sp³-hybridized carbons (Fsp3) is 0.818. The van der Waals surface area contributed by atoms with Crippen molar-refractivity contribution in [2.45, 2.75) is 31.7 Å². The molecule has 6 nitrogen and oxygen atoms in total. The number of nitrogens with zero attached hydrogens (tertiary/aromatic N) is 3. The van der Waals surface area contributed by atoms with Crippen molar-refractivity contribution < 1.29 is 13.5 Å². The third kappa shape index (κ3) is 2.05. The van der Waals surface area contributed by atoms with Crippen LogP contribution in [0.5, 0.6) is 0 Å². The van der Waals surface area contributed by atoms with Crippen LogP contribution in [-0.4, -0.2) is 46.4 Å². The highest BCUT2D eigenvalue weighted by Crippen LogP contribution is 2.30. The Kier molecular flexibility index (Phi) is 2.90. The molecule has 0 bridgehead atoms. The number of hydrogen-bond acceptors (Lipinski definition) is 5. The van der Waals surface area contributed by atoms with Crippen molar-refractivity contribution in [1.29, 1.82) is 0 Å². The molecule has 2 unspecified atom stereocenters. The van der Waals surface area contributed by atoms with Gasteiger partial charge < -0.3 is 9.67 Å². The van der Waals surface area contributed by atoms with Gasteiger partial charge in [0.05, 0.1) is 11.5 Å². The summed E-state index contributed by atoms with van der Waals surface area (Å²) in [4.78, 5) is 0. The summed E-state index contributed by atoms with van der Waals surface area (Å²) in [5.74, 6) is 2.44. The van der Waals surface area contributed by atoms with E-state index in [1.165, 1.54) is 0 Å². The lowest BCUT2D eigenvalue weighted by Gasteiger charge is -2.22. The number of fused-ring (bicyclic) bond motifs is 1. The average molecular weight is 271 g/mol. The van der Waals surface area contributed by atoms with Gasteiger partial charge in [0.2, 0.25) is 0 Å². The van der Waals surface area contributed by atoms with E-state index in [1.54, 1.807) is 0 Å². The first-order chi connectivity index (χ1) is 8.59. The van der Waals surface area contributed by atoms with Crippen LogP contribution in [0.1, 0.15) is 30.4 Å². The van der Waals surface area contributed by atoms with Gasteiger partial charge in [-0.2, -0.15) is 0 Å². The monoisotopic (exact) mass is 271 g/mol. The molecule has 3 heterocycles. The van der Waals surface area contributed by atoms with Gasteiger partial charge in [0, 0.05) is 25.5 Å². The summed E-state index contributed by atoms with van der Waals surface area (Å²) in [5, 5.41) is 17.5. The van der Waals surface area contributed by atoms with Crippen LogP contribution in [0, 0.1) is 5.92 Å². The molecule has 1 saturated heterocycles. The van der Waals surface area contributed by atoms with Gasteiger partial charge in [0.1, 0.15) is 11.6 Å². The average Bonchev–Trinajstić information content (AvgIpc) is 2.91. The molecule has 0 amide bonds. The number of aromatic nitrogens is 3. The Morgan fingerprint density at radius 2 is 2.17 bits per heavy atom. The summed E-state index contributed by atoms with van der Waals surface area (Å²) in [5.41, 5.74) is 0. The number of aliphatic hydroxyl groups is 1. The summed E-state index contributed by atoms with van der Waals surface area (Å²) in [6.45, 7) is 0.972. The van der Waals surface area contributed by atoms with Crippen LogP contribution in [0.3, 0.4) is 0 Å². The van der Waals surface area contributed by atoms with E-state index in [0.717, 1.165) is 31.0 Å². The Labute approximate surface area is 106 Å². The number of rotatable bonds is 2. The van der Waals surface area contributed by atoms with Crippen molar-refractivity contribution in [3.8, 4) is 0 Å². The highest BCUT2D eigenvalue weighted by Gasteiger charge is 2.34. The molecular formula is C11H17N3O3S. The van der Waals surface area contributed by atoms with Gasteiger partial charge in [-0.3, -0.25) is 0 Å². The molecule has 2 atom stereocenters. The molecule has 1 aromatic heterocycles. The Morgan fingerprint density at radius 1 is 1.33 bits per heavy atom. The molecule has 100 valence electrons. The zero-order chi connectivity index (χ0) is 12.8. The third-order valence-corrected chi connectivity index (χ3v) is 5.71. The number of hydrogen-bond donors (Lipinski definition) is 1. The molecule has 1 N–H and O–H groups in total. The van der Waals surface area contributed by atoms with Crippen LogP contribution >= 0.6 is 0 Å². The van der Waals surface area contributed by atoms with E-state index >= 15 is 0 Å². The van der Waals surface area contributed by atoms with E-state index in [4.69, 9.17) is 5.11 Å². The van der Waals surface area contributed by atoms with Crippen LogP contribution in [-0.2, 0) is 22.8 Å². The van der Waals surface area contributed by atoms with Gasteiger partial charge in [0.15, 0.2) is 9.84 Å². The van der Waals surface area contributed by atoms with E-state index in [-0.39, 0.29) is 29.9 Å². The molecule has 0 saturated carbocycles. The van der Waals surface area contributed by atoms with Gasteiger partial charge in [0.25, 0.3) is 0 Å². The molecular weight excluding hydrogens is 254 g/mol. The predicted octanol–water partition coefficient (Wildman–Crippen LogP) is -0.265. The smallest absolute Gasteiger partial charge is 0.151 e. The van der Waals surface area contributed by atoms with Crippen molar-refractivity contribution in [2.75, 3.05) is 18.1 Å². The topological polar surface area (TPSA) is 85.1 Å². The molecule has 3 rings (SSSR count). The second-order valence-corrected chi connectivity index (χ2v) is 7.50. The lowest BCUT2D eigenvalue weighted by Crippen LogP contribution is -2.24. The van der Waals surface area contributed by atoms with Gasteiger partial charge in [-0.05, 0) is 18.8 Å². The van der Waals surface area contributed by atoms with Gasteiger partial charge in [-0.15, -0.1) is 10.2 Å². The van der Waals surface area contributed by atoms with Crippen LogP contribution in [0.25, 0.3) is 0 Å². The summed E-state index contributed by atoms with van der Waals surface area (Å²) < 4.78 is 25.1. The van der Waals surface area contributed by atoms with Crippen molar-refractivity contribution in [1.82, 2.24) is 14.8 Å². The second-order valence-electron chi connectivity index (χ2n) is 5.27. The molecule has 2 aliphatic heterocycles. The molecule has 0 radical (unpaired) electrons. The first kappa shape index (κ1) is 12.1. The van der Waals surface area contributed by atoms with E-state index < -0.39 is 9.84 Å². The normalized spacial score (nSPS) is 30.3. The third-order valence-electron chi connectivity index (χ3n) is 3.94. The maximum Gasteiger partial charge on any atom is 0.151 e. The molecule has 0 aliphatic carbocycles. The summed E-state index contributed by atoms with van der Waals surface area (Å²) in [6.07, 6.45) is 2.31. The minimum absolute atomic E-state index is 0.00178. The lowest BCUT2D eigenvalue weighted by molar-refractivity contribution is 0.198. The van der Waals surface area contributed by atoms with Crippen molar-refractivity contribution in [2.24, 2.45) is 5.92 Å². The minimum atomic E-state index is -2.88. The first-order valence-electron chi connectivity index (χ1n) is 6.32. The largest absolute Gasteiger partial charge is 0.396 e. The van der Waals surface area contributed by atoms with Crippen molar-refractivity contribution in [3.05, 3.63) is 11.6 Å². The van der Waals surface area contributed by atoms with Gasteiger partial charge in [-0.25, -0.2) is 8.42 Å². The first-order valence-corrected chi connectivity index (χ1v) is 8.14. The maximum absolute atomic E-state index is 11.5. The van der Waals surface area contributed by atoms with E-state index in [1.807, 2.05) is 0 Å². The highest BCUT2D eigenvalue weighted by atomic mass is 32.2. The molecule has 2 aliphatic rings. The Balaban J connectivity index is 1.86. The van der Waals surface area contributed by atoms with Gasteiger partial charge in [-0.1, -0.05) is 0 Å². The fourth-order valence-corrected chi connectivity index (χ4v) is 4.61. The molecule has 7 heteroatoms. The summed E-state index contributed by atoms with van der Waals surface area (Å²) >= 11 is 0. The predicted molar refractivity (Wildman–Crippen MR) is 64.9 cm³/mol. The summed E-state index contributed by atoms with van der Waals surface area (Å²) in [7, 11) is -2.88. The molecule has 0 aromatic carbocycles. The van der Waals surface area contributed by atoms with Gasteiger partial charge >= 0.3 is 0 Å². The molecule has 1 fully saturated rings. The van der Waals surface area contributed by atoms with Crippen LogP contribution in [0.4, 0.5) is 0 Å². The van der Waals surface area contributed by atoms with E-state index in [0.29, 0.717) is 6.42 Å². The van der Waals surface area contributed by atoms with E-state index in [9.17, 15) is 8.42 Å². The minimum Gasteiger partial charge on any atom is -0.396 e. The Hall–Kier alpha value is -0.950. The Morgan fingerprint density at radius 3 is 2.83 bits per heavy atom. The standard InChI is InChI=1S/C11H17N3O3S/c15-6-8-1-3-14-10(5-8)12-13-11(14)9-2-4-18(16,17)7-9/h8-9,15H,1-7H2. The SMILES string of the molecule is O=S1(=O)CCC(c2nnc3n2CCC(CO)C3)C1. The molecule has 0 spiro atoms. The zero-order valence-corrected chi connectivity index (χ0v) is 10.9. The van der Waals surface area contributed by atoms with Crippen molar-refractivity contribution in [3.63, 3.8) is 0 Å². The maximum atomic E-state index is 11.5. The fourth-order valence-electron chi connectivity index (χ4n) is 2.87. The number of aliphatic hydroxyl groups excluding tert-OH is 1. The van der Waals surface area contributed by atoms with Crippen LogP contribution < -0.4 is 0 Å². The van der Waals surface area contributed by atoms with E-state index in [2.05, 4.69) is 14.8 Å². The van der Waals surface area contributed by atoms with Crippen LogP contribution in [0.2, 0.25) is 0 Å². The number of sulfone groups is 1. The quantitative estimate of drug-likeness (QED) is 0.800. The second kappa shape index (κ2) is 4.31. The lowest BCUT2D eigenvalue weighted by atomic mass is 9.98. The van der Waals surface area contributed by atoms with Crippen LogP contribution in [0.15, 0.2) is 0 Å². The highest BCUT2D eigenvalue weighted by molar-refractivity contribution is 7.91. The molecule has 18 heavy (non-hydrogen) atoms. The van der Waals surface area contributed by atoms with Crippen molar-refractivity contribution >= 4 is 9.84 Å². The zero-order valence-electron chi connectivity index (χ0n) is 10.1. The molecule has 1 aromatic rings. The summed E-state index contributed by atoms with van der Waals surface area (Å²) in [6, 6.07) is 0. The Bertz CT molecular complexity index is 552.